The van der Waals surface area contributed by atoms with Gasteiger partial charge in [-0.3, -0.25) is 0 Å². The van der Waals surface area contributed by atoms with Crippen LogP contribution in [0.3, 0.4) is 0 Å². The van der Waals surface area contributed by atoms with Crippen LogP contribution in [-0.4, -0.2) is 29.8 Å². The molecule has 1 heterocycles. The van der Waals surface area contributed by atoms with Crippen molar-refractivity contribution in [2.45, 2.75) is 12.8 Å². The van der Waals surface area contributed by atoms with Gasteiger partial charge in [0.1, 0.15) is 5.69 Å². The van der Waals surface area contributed by atoms with Gasteiger partial charge in [0.15, 0.2) is 11.5 Å². The molecule has 5 heteroatoms. The molecule has 1 aliphatic carbocycles. The van der Waals surface area contributed by atoms with Gasteiger partial charge in [-0.25, -0.2) is 9.78 Å². The van der Waals surface area contributed by atoms with Crippen molar-refractivity contribution in [2.75, 3.05) is 13.7 Å². The zero-order chi connectivity index (χ0) is 15.5. The van der Waals surface area contributed by atoms with Gasteiger partial charge in [-0.1, -0.05) is 6.07 Å². The second-order valence-electron chi connectivity index (χ2n) is 5.33. The first-order valence-corrected chi connectivity index (χ1v) is 7.19. The van der Waals surface area contributed by atoms with Crippen LogP contribution in [0.4, 0.5) is 0 Å². The van der Waals surface area contributed by atoms with E-state index in [9.17, 15) is 4.79 Å². The van der Waals surface area contributed by atoms with Crippen LogP contribution in [0.25, 0.3) is 11.3 Å². The SMILES string of the molecule is COc1ccc(-c2cccc(C(=O)O)n2)cc1OCC1CC1. The fourth-order valence-corrected chi connectivity index (χ4v) is 2.16. The lowest BCUT2D eigenvalue weighted by Gasteiger charge is -2.12. The van der Waals surface area contributed by atoms with Crippen LogP contribution in [0.1, 0.15) is 23.3 Å². The number of hydrogen-bond donors (Lipinski definition) is 1. The predicted molar refractivity (Wildman–Crippen MR) is 81.4 cm³/mol. The van der Waals surface area contributed by atoms with Crippen molar-refractivity contribution < 1.29 is 19.4 Å². The molecule has 0 unspecified atom stereocenters. The number of methoxy groups -OCH3 is 1. The number of nitrogens with zero attached hydrogens (tertiary/aromatic N) is 1. The van der Waals surface area contributed by atoms with Gasteiger partial charge < -0.3 is 14.6 Å². The maximum absolute atomic E-state index is 11.0. The summed E-state index contributed by atoms with van der Waals surface area (Å²) in [6, 6.07) is 10.4. The molecule has 5 nitrogen and oxygen atoms in total. The maximum atomic E-state index is 11.0. The molecule has 3 rings (SSSR count). The van der Waals surface area contributed by atoms with Crippen molar-refractivity contribution in [3.63, 3.8) is 0 Å². The third kappa shape index (κ3) is 3.19. The number of pyridine rings is 1. The second-order valence-corrected chi connectivity index (χ2v) is 5.33. The van der Waals surface area contributed by atoms with E-state index in [4.69, 9.17) is 14.6 Å². The highest BCUT2D eigenvalue weighted by Gasteiger charge is 2.22. The van der Waals surface area contributed by atoms with E-state index in [1.807, 2.05) is 18.2 Å². The number of benzene rings is 1. The fourth-order valence-electron chi connectivity index (χ4n) is 2.16. The summed E-state index contributed by atoms with van der Waals surface area (Å²) in [4.78, 5) is 15.2. The number of ether oxygens (including phenoxy) is 2. The minimum absolute atomic E-state index is 0.0220. The van der Waals surface area contributed by atoms with Gasteiger partial charge in [0, 0.05) is 5.56 Å². The highest BCUT2D eigenvalue weighted by atomic mass is 16.5. The number of aromatic nitrogens is 1. The van der Waals surface area contributed by atoms with E-state index >= 15 is 0 Å². The van der Waals surface area contributed by atoms with Crippen molar-refractivity contribution in [3.05, 3.63) is 42.1 Å². The van der Waals surface area contributed by atoms with E-state index in [0.717, 1.165) is 5.56 Å². The molecular weight excluding hydrogens is 282 g/mol. The van der Waals surface area contributed by atoms with E-state index < -0.39 is 5.97 Å². The smallest absolute Gasteiger partial charge is 0.354 e. The molecule has 22 heavy (non-hydrogen) atoms. The van der Waals surface area contributed by atoms with E-state index in [2.05, 4.69) is 4.98 Å². The Balaban J connectivity index is 1.90. The first-order valence-electron chi connectivity index (χ1n) is 7.19. The van der Waals surface area contributed by atoms with Crippen molar-refractivity contribution in [2.24, 2.45) is 5.92 Å². The van der Waals surface area contributed by atoms with E-state index in [1.54, 1.807) is 19.2 Å². The Bertz CT molecular complexity index is 695. The summed E-state index contributed by atoms with van der Waals surface area (Å²) in [5.41, 5.74) is 1.42. The molecule has 114 valence electrons. The number of carbonyl (C=O) groups is 1. The molecule has 0 spiro atoms. The summed E-state index contributed by atoms with van der Waals surface area (Å²) < 4.78 is 11.1. The van der Waals surface area contributed by atoms with Gasteiger partial charge >= 0.3 is 5.97 Å². The largest absolute Gasteiger partial charge is 0.493 e. The molecule has 1 N–H and O–H groups in total. The molecule has 0 atom stereocenters. The molecule has 0 amide bonds. The van der Waals surface area contributed by atoms with E-state index in [0.29, 0.717) is 29.7 Å². The Morgan fingerprint density at radius 1 is 1.27 bits per heavy atom. The van der Waals surface area contributed by atoms with Crippen LogP contribution < -0.4 is 9.47 Å². The molecule has 1 aromatic heterocycles. The minimum Gasteiger partial charge on any atom is -0.493 e. The minimum atomic E-state index is -1.04. The Morgan fingerprint density at radius 2 is 2.09 bits per heavy atom. The summed E-state index contributed by atoms with van der Waals surface area (Å²) in [5, 5.41) is 9.04. The maximum Gasteiger partial charge on any atom is 0.354 e. The average Bonchev–Trinajstić information content (AvgIpc) is 3.37. The van der Waals surface area contributed by atoms with Gasteiger partial charge in [0.05, 0.1) is 19.4 Å². The molecule has 0 saturated heterocycles. The van der Waals surface area contributed by atoms with Crippen molar-refractivity contribution in [1.29, 1.82) is 0 Å². The van der Waals surface area contributed by atoms with Gasteiger partial charge in [-0.15, -0.1) is 0 Å². The zero-order valence-electron chi connectivity index (χ0n) is 12.3. The normalized spacial score (nSPS) is 13.7. The van der Waals surface area contributed by atoms with E-state index in [1.165, 1.54) is 18.9 Å². The van der Waals surface area contributed by atoms with Crippen molar-refractivity contribution >= 4 is 5.97 Å². The van der Waals surface area contributed by atoms with Crippen LogP contribution in [0.15, 0.2) is 36.4 Å². The molecule has 0 bridgehead atoms. The molecular formula is C17H17NO4. The molecule has 1 aliphatic rings. The summed E-state index contributed by atoms with van der Waals surface area (Å²) in [7, 11) is 1.60. The lowest BCUT2D eigenvalue weighted by Crippen LogP contribution is -2.02. The third-order valence-electron chi connectivity index (χ3n) is 3.60. The van der Waals surface area contributed by atoms with E-state index in [-0.39, 0.29) is 5.69 Å². The topological polar surface area (TPSA) is 68.7 Å². The van der Waals surface area contributed by atoms with Crippen molar-refractivity contribution in [3.8, 4) is 22.8 Å². The Morgan fingerprint density at radius 3 is 2.77 bits per heavy atom. The second kappa shape index (κ2) is 6.05. The lowest BCUT2D eigenvalue weighted by molar-refractivity contribution is 0.0690. The Hall–Kier alpha value is -2.56. The first kappa shape index (κ1) is 14.4. The molecule has 0 radical (unpaired) electrons. The summed E-state index contributed by atoms with van der Waals surface area (Å²) >= 11 is 0. The van der Waals surface area contributed by atoms with Gasteiger partial charge in [-0.05, 0) is 49.1 Å². The third-order valence-corrected chi connectivity index (χ3v) is 3.60. The number of carboxylic acids is 1. The number of carboxylic acid groups (broad SMARTS) is 1. The molecule has 1 fully saturated rings. The van der Waals surface area contributed by atoms with Gasteiger partial charge in [0.2, 0.25) is 0 Å². The van der Waals surface area contributed by atoms with Crippen LogP contribution in [-0.2, 0) is 0 Å². The highest BCUT2D eigenvalue weighted by Crippen LogP contribution is 2.35. The first-order chi connectivity index (χ1) is 10.7. The summed E-state index contributed by atoms with van der Waals surface area (Å²) in [6.45, 7) is 0.683. The molecule has 0 aliphatic heterocycles. The zero-order valence-corrected chi connectivity index (χ0v) is 12.3. The molecule has 1 aromatic carbocycles. The molecule has 2 aromatic rings. The predicted octanol–water partition coefficient (Wildman–Crippen LogP) is 3.24. The average molecular weight is 299 g/mol. The Kier molecular flexibility index (Phi) is 3.96. The number of hydrogen-bond acceptors (Lipinski definition) is 4. The number of aromatic carboxylic acids is 1. The highest BCUT2D eigenvalue weighted by molar-refractivity contribution is 5.86. The fraction of sp³-hybridized carbons (Fsp3) is 0.294. The van der Waals surface area contributed by atoms with Crippen LogP contribution in [0.5, 0.6) is 11.5 Å². The lowest BCUT2D eigenvalue weighted by atomic mass is 10.1. The van der Waals surface area contributed by atoms with Crippen LogP contribution in [0, 0.1) is 5.92 Å². The summed E-state index contributed by atoms with van der Waals surface area (Å²) in [5.74, 6) is 0.926. The van der Waals surface area contributed by atoms with Gasteiger partial charge in [-0.2, -0.15) is 0 Å². The monoisotopic (exact) mass is 299 g/mol. The quantitative estimate of drug-likeness (QED) is 0.886. The standard InChI is InChI=1S/C17H17NO4/c1-21-15-8-7-12(9-16(15)22-10-11-5-6-11)13-3-2-4-14(18-13)17(19)20/h2-4,7-9,11H,5-6,10H2,1H3,(H,19,20). The van der Waals surface area contributed by atoms with Crippen molar-refractivity contribution in [1.82, 2.24) is 4.98 Å². The van der Waals surface area contributed by atoms with Crippen LogP contribution in [0.2, 0.25) is 0 Å². The van der Waals surface area contributed by atoms with Crippen LogP contribution >= 0.6 is 0 Å². The number of rotatable bonds is 6. The Labute approximate surface area is 128 Å². The van der Waals surface area contributed by atoms with Gasteiger partial charge in [0.25, 0.3) is 0 Å². The summed E-state index contributed by atoms with van der Waals surface area (Å²) in [6.07, 6.45) is 2.43. The molecule has 1 saturated carbocycles.